The molecule has 1 rings (SSSR count). The lowest BCUT2D eigenvalue weighted by molar-refractivity contribution is 0.131. The Hall–Kier alpha value is -1.06. The predicted octanol–water partition coefficient (Wildman–Crippen LogP) is 3.20. The zero-order chi connectivity index (χ0) is 14.6. The molecule has 0 saturated heterocycles. The van der Waals surface area contributed by atoms with Crippen LogP contribution in [0.2, 0.25) is 0 Å². The Morgan fingerprint density at radius 1 is 1.11 bits per heavy atom. The fraction of sp³-hybridized carbons (Fsp3) is 0.625. The van der Waals surface area contributed by atoms with Gasteiger partial charge in [-0.25, -0.2) is 0 Å². The highest BCUT2D eigenvalue weighted by atomic mass is 16.5. The van der Waals surface area contributed by atoms with Crippen LogP contribution in [0.5, 0.6) is 5.75 Å². The molecule has 0 fully saturated rings. The number of nitrogens with one attached hydrogen (secondary N) is 1. The molecule has 0 spiro atoms. The van der Waals surface area contributed by atoms with Crippen molar-refractivity contribution >= 4 is 0 Å². The maximum Gasteiger partial charge on any atom is 0.122 e. The highest BCUT2D eigenvalue weighted by Crippen LogP contribution is 2.25. The Kier molecular flexibility index (Phi) is 5.83. The van der Waals surface area contributed by atoms with Crippen molar-refractivity contribution < 1.29 is 9.84 Å². The molecule has 1 aromatic rings. The lowest BCUT2D eigenvalue weighted by Gasteiger charge is -2.23. The minimum atomic E-state index is -0.505. The second-order valence-corrected chi connectivity index (χ2v) is 5.75. The third-order valence-corrected chi connectivity index (χ3v) is 2.97. The van der Waals surface area contributed by atoms with Crippen molar-refractivity contribution in [3.63, 3.8) is 0 Å². The summed E-state index contributed by atoms with van der Waals surface area (Å²) < 4.78 is 5.71. The zero-order valence-corrected chi connectivity index (χ0v) is 12.9. The number of ether oxygens (including phenoxy) is 1. The Morgan fingerprint density at radius 2 is 1.74 bits per heavy atom. The Labute approximate surface area is 117 Å². The van der Waals surface area contributed by atoms with E-state index in [0.29, 0.717) is 6.04 Å². The van der Waals surface area contributed by atoms with Crippen molar-refractivity contribution in [2.24, 2.45) is 0 Å². The van der Waals surface area contributed by atoms with Gasteiger partial charge in [0.2, 0.25) is 0 Å². The monoisotopic (exact) mass is 265 g/mol. The van der Waals surface area contributed by atoms with Crippen LogP contribution in [-0.4, -0.2) is 23.3 Å². The molecule has 0 amide bonds. The first-order valence-electron chi connectivity index (χ1n) is 7.02. The highest BCUT2D eigenvalue weighted by Gasteiger charge is 2.17. The Morgan fingerprint density at radius 3 is 2.21 bits per heavy atom. The summed E-state index contributed by atoms with van der Waals surface area (Å²) in [5.74, 6) is 0.885. The summed E-state index contributed by atoms with van der Waals surface area (Å²) in [4.78, 5) is 0. The van der Waals surface area contributed by atoms with E-state index in [-0.39, 0.29) is 12.1 Å². The summed E-state index contributed by atoms with van der Waals surface area (Å²) in [6.45, 7) is 12.2. The first kappa shape index (κ1) is 16.0. The molecule has 2 unspecified atom stereocenters. The van der Waals surface area contributed by atoms with Crippen molar-refractivity contribution in [1.82, 2.24) is 5.32 Å². The van der Waals surface area contributed by atoms with Gasteiger partial charge in [-0.3, -0.25) is 0 Å². The van der Waals surface area contributed by atoms with Crippen molar-refractivity contribution in [2.45, 2.75) is 65.8 Å². The molecule has 2 atom stereocenters. The van der Waals surface area contributed by atoms with E-state index in [9.17, 15) is 5.11 Å². The zero-order valence-electron chi connectivity index (χ0n) is 12.9. The number of aryl methyl sites for hydroxylation is 1. The highest BCUT2D eigenvalue weighted by molar-refractivity contribution is 5.37. The molecule has 0 aliphatic heterocycles. The Bertz CT molecular complexity index is 402. The topological polar surface area (TPSA) is 41.5 Å². The van der Waals surface area contributed by atoms with Crippen LogP contribution in [0.3, 0.4) is 0 Å². The van der Waals surface area contributed by atoms with Gasteiger partial charge in [0.25, 0.3) is 0 Å². The van der Waals surface area contributed by atoms with Crippen LogP contribution in [-0.2, 0) is 0 Å². The third kappa shape index (κ3) is 4.84. The number of rotatable bonds is 6. The van der Waals surface area contributed by atoms with Crippen LogP contribution < -0.4 is 10.1 Å². The first-order valence-corrected chi connectivity index (χ1v) is 7.02. The lowest BCUT2D eigenvalue weighted by atomic mass is 10.0. The van der Waals surface area contributed by atoms with E-state index in [1.165, 1.54) is 0 Å². The van der Waals surface area contributed by atoms with Crippen LogP contribution in [0.25, 0.3) is 0 Å². The largest absolute Gasteiger partial charge is 0.491 e. The first-order chi connectivity index (χ1) is 8.81. The van der Waals surface area contributed by atoms with Crippen molar-refractivity contribution in [3.05, 3.63) is 29.3 Å². The summed E-state index contributed by atoms with van der Waals surface area (Å²) in [6.07, 6.45) is -0.342. The molecular formula is C16H27NO2. The number of hydrogen-bond acceptors (Lipinski definition) is 3. The summed E-state index contributed by atoms with van der Waals surface area (Å²) in [6, 6.07) is 6.26. The van der Waals surface area contributed by atoms with E-state index in [4.69, 9.17) is 4.74 Å². The SMILES string of the molecule is Cc1cc(C(O)C(C)NC(C)C)ccc1OC(C)C. The average molecular weight is 265 g/mol. The fourth-order valence-electron chi connectivity index (χ4n) is 2.15. The van der Waals surface area contributed by atoms with E-state index < -0.39 is 6.10 Å². The maximum absolute atomic E-state index is 10.3. The predicted molar refractivity (Wildman–Crippen MR) is 79.6 cm³/mol. The average Bonchev–Trinajstić information content (AvgIpc) is 2.29. The molecule has 0 aliphatic carbocycles. The lowest BCUT2D eigenvalue weighted by Crippen LogP contribution is -2.37. The van der Waals surface area contributed by atoms with E-state index in [2.05, 4.69) is 19.2 Å². The molecule has 1 aromatic carbocycles. The number of aliphatic hydroxyl groups is 1. The summed E-state index contributed by atoms with van der Waals surface area (Å²) >= 11 is 0. The molecule has 0 aromatic heterocycles. The number of aliphatic hydroxyl groups excluding tert-OH is 1. The van der Waals surface area contributed by atoms with Crippen molar-refractivity contribution in [3.8, 4) is 5.75 Å². The van der Waals surface area contributed by atoms with Crippen molar-refractivity contribution in [2.75, 3.05) is 0 Å². The third-order valence-electron chi connectivity index (χ3n) is 2.97. The van der Waals surface area contributed by atoms with Gasteiger partial charge in [0.15, 0.2) is 0 Å². The minimum absolute atomic E-state index is 0.0243. The van der Waals surface area contributed by atoms with Gasteiger partial charge in [0, 0.05) is 12.1 Å². The van der Waals surface area contributed by atoms with Crippen molar-refractivity contribution in [1.29, 1.82) is 0 Å². The number of hydrogen-bond donors (Lipinski definition) is 2. The molecule has 0 radical (unpaired) electrons. The molecule has 3 heteroatoms. The molecule has 0 heterocycles. The van der Waals surface area contributed by atoms with E-state index in [1.807, 2.05) is 45.9 Å². The molecule has 0 aliphatic rings. The van der Waals surface area contributed by atoms with Crippen LogP contribution in [0.15, 0.2) is 18.2 Å². The van der Waals surface area contributed by atoms with Gasteiger partial charge >= 0.3 is 0 Å². The van der Waals surface area contributed by atoms with Gasteiger partial charge in [-0.2, -0.15) is 0 Å². The molecule has 2 N–H and O–H groups in total. The van der Waals surface area contributed by atoms with Gasteiger partial charge in [-0.15, -0.1) is 0 Å². The smallest absolute Gasteiger partial charge is 0.122 e. The van der Waals surface area contributed by atoms with Gasteiger partial charge in [0.1, 0.15) is 5.75 Å². The quantitative estimate of drug-likeness (QED) is 0.830. The maximum atomic E-state index is 10.3. The molecule has 0 saturated carbocycles. The molecular weight excluding hydrogens is 238 g/mol. The van der Waals surface area contributed by atoms with Gasteiger partial charge in [0.05, 0.1) is 12.2 Å². The standard InChI is InChI=1S/C16H27NO2/c1-10(2)17-13(6)16(18)14-7-8-15(12(5)9-14)19-11(3)4/h7-11,13,16-18H,1-6H3. The fourth-order valence-corrected chi connectivity index (χ4v) is 2.15. The van der Waals surface area contributed by atoms with Crippen LogP contribution in [0.1, 0.15) is 51.8 Å². The Balaban J connectivity index is 2.82. The molecule has 19 heavy (non-hydrogen) atoms. The molecule has 108 valence electrons. The van der Waals surface area contributed by atoms with E-state index >= 15 is 0 Å². The van der Waals surface area contributed by atoms with Crippen LogP contribution in [0.4, 0.5) is 0 Å². The summed E-state index contributed by atoms with van der Waals surface area (Å²) in [5.41, 5.74) is 1.98. The van der Waals surface area contributed by atoms with E-state index in [0.717, 1.165) is 16.9 Å². The molecule has 3 nitrogen and oxygen atoms in total. The normalized spacial score (nSPS) is 14.8. The minimum Gasteiger partial charge on any atom is -0.491 e. The van der Waals surface area contributed by atoms with Crippen LogP contribution in [0, 0.1) is 6.92 Å². The second kappa shape index (κ2) is 6.92. The van der Waals surface area contributed by atoms with Crippen LogP contribution >= 0.6 is 0 Å². The van der Waals surface area contributed by atoms with Gasteiger partial charge in [-0.1, -0.05) is 19.9 Å². The van der Waals surface area contributed by atoms with E-state index in [1.54, 1.807) is 0 Å². The second-order valence-electron chi connectivity index (χ2n) is 5.75. The van der Waals surface area contributed by atoms with Gasteiger partial charge < -0.3 is 15.2 Å². The summed E-state index contributed by atoms with van der Waals surface area (Å²) in [7, 11) is 0. The van der Waals surface area contributed by atoms with Gasteiger partial charge in [-0.05, 0) is 51.0 Å². The number of benzene rings is 1. The summed E-state index contributed by atoms with van der Waals surface area (Å²) in [5, 5.41) is 13.7. The molecule has 0 bridgehead atoms.